The average Bonchev–Trinajstić information content (AvgIpc) is 3.31. The summed E-state index contributed by atoms with van der Waals surface area (Å²) in [5, 5.41) is 0. The van der Waals surface area contributed by atoms with E-state index in [2.05, 4.69) is 45.1 Å². The van der Waals surface area contributed by atoms with Gasteiger partial charge in [0.1, 0.15) is 13.2 Å². The van der Waals surface area contributed by atoms with Crippen LogP contribution in [0, 0.1) is 0 Å². The fourth-order valence-corrected chi connectivity index (χ4v) is 8.77. The molecule has 0 aromatic heterocycles. The number of esters is 3. The number of unbranched alkanes of at least 4 members (excludes halogenated alkanes) is 39. The predicted octanol–water partition coefficient (Wildman–Crippen LogP) is 19.5. The minimum absolute atomic E-state index is 0.0667. The molecule has 6 nitrogen and oxygen atoms in total. The summed E-state index contributed by atoms with van der Waals surface area (Å²) in [5.41, 5.74) is 0. The number of carbonyl (C=O) groups is 3. The lowest BCUT2D eigenvalue weighted by molar-refractivity contribution is -0.167. The van der Waals surface area contributed by atoms with E-state index < -0.39 is 6.10 Å². The zero-order chi connectivity index (χ0) is 47.9. The third-order valence-electron chi connectivity index (χ3n) is 13.2. The fraction of sp³-hybridized carbons (Fsp3) is 0.883. The van der Waals surface area contributed by atoms with Gasteiger partial charge in [-0.15, -0.1) is 0 Å². The van der Waals surface area contributed by atoms with Crippen molar-refractivity contribution in [1.82, 2.24) is 0 Å². The van der Waals surface area contributed by atoms with Crippen LogP contribution < -0.4 is 0 Å². The van der Waals surface area contributed by atoms with Gasteiger partial charge in [-0.25, -0.2) is 0 Å². The fourth-order valence-electron chi connectivity index (χ4n) is 8.77. The molecule has 0 fully saturated rings. The van der Waals surface area contributed by atoms with E-state index in [1.54, 1.807) is 0 Å². The van der Waals surface area contributed by atoms with Gasteiger partial charge in [0.2, 0.25) is 0 Å². The quantitative estimate of drug-likeness (QED) is 0.0262. The topological polar surface area (TPSA) is 78.9 Å². The van der Waals surface area contributed by atoms with Crippen molar-refractivity contribution in [1.29, 1.82) is 0 Å². The minimum Gasteiger partial charge on any atom is -0.462 e. The maximum Gasteiger partial charge on any atom is 0.306 e. The average molecular weight is 930 g/mol. The van der Waals surface area contributed by atoms with Crippen molar-refractivity contribution in [3.63, 3.8) is 0 Å². The van der Waals surface area contributed by atoms with Crippen LogP contribution in [0.15, 0.2) is 24.3 Å². The zero-order valence-corrected chi connectivity index (χ0v) is 44.5. The van der Waals surface area contributed by atoms with E-state index >= 15 is 0 Å². The highest BCUT2D eigenvalue weighted by Gasteiger charge is 2.19. The third-order valence-corrected chi connectivity index (χ3v) is 13.2. The molecule has 0 bridgehead atoms. The molecule has 66 heavy (non-hydrogen) atoms. The number of ether oxygens (including phenoxy) is 3. The van der Waals surface area contributed by atoms with Gasteiger partial charge in [0.15, 0.2) is 6.10 Å². The third kappa shape index (κ3) is 52.9. The van der Waals surface area contributed by atoms with Crippen LogP contribution in [0.25, 0.3) is 0 Å². The highest BCUT2D eigenvalue weighted by molar-refractivity contribution is 5.71. The maximum atomic E-state index is 12.9. The lowest BCUT2D eigenvalue weighted by Gasteiger charge is -2.18. The molecule has 1 atom stereocenters. The summed E-state index contributed by atoms with van der Waals surface area (Å²) in [6, 6.07) is 0. The van der Waals surface area contributed by atoms with Crippen LogP contribution in [0.4, 0.5) is 0 Å². The SMILES string of the molecule is CCCCC/C=C/C/C=C/CCCCCCCCCCCC(=O)OC[C@@H](COC(=O)CCCCCCCCCCCCCCC)OC(=O)CCCCCCCCCCCCCCCCCC. The number of hydrogen-bond donors (Lipinski definition) is 0. The van der Waals surface area contributed by atoms with E-state index in [9.17, 15) is 14.4 Å². The van der Waals surface area contributed by atoms with Gasteiger partial charge in [0.25, 0.3) is 0 Å². The van der Waals surface area contributed by atoms with Crippen molar-refractivity contribution in [2.45, 2.75) is 329 Å². The highest BCUT2D eigenvalue weighted by atomic mass is 16.6. The molecule has 0 saturated heterocycles. The van der Waals surface area contributed by atoms with E-state index in [0.29, 0.717) is 19.3 Å². The van der Waals surface area contributed by atoms with Gasteiger partial charge in [0.05, 0.1) is 0 Å². The summed E-state index contributed by atoms with van der Waals surface area (Å²) >= 11 is 0. The van der Waals surface area contributed by atoms with Gasteiger partial charge in [-0.3, -0.25) is 14.4 Å². The molecule has 0 amide bonds. The van der Waals surface area contributed by atoms with Crippen molar-refractivity contribution < 1.29 is 28.6 Å². The molecular formula is C60H112O6. The first-order valence-corrected chi connectivity index (χ1v) is 29.3. The normalized spacial score (nSPS) is 12.1. The summed E-state index contributed by atoms with van der Waals surface area (Å²) < 4.78 is 16.9. The molecule has 0 saturated carbocycles. The first-order valence-electron chi connectivity index (χ1n) is 29.3. The van der Waals surface area contributed by atoms with Crippen LogP contribution >= 0.6 is 0 Å². The number of allylic oxidation sites excluding steroid dienone is 4. The van der Waals surface area contributed by atoms with Gasteiger partial charge in [-0.1, -0.05) is 276 Å². The Morgan fingerprint density at radius 2 is 0.545 bits per heavy atom. The summed E-state index contributed by atoms with van der Waals surface area (Å²) in [5.74, 6) is -0.848. The molecule has 0 rings (SSSR count). The molecular weight excluding hydrogens is 817 g/mol. The van der Waals surface area contributed by atoms with Gasteiger partial charge in [-0.2, -0.15) is 0 Å². The Kier molecular flexibility index (Phi) is 53.7. The van der Waals surface area contributed by atoms with Crippen molar-refractivity contribution in [3.8, 4) is 0 Å². The molecule has 0 aromatic carbocycles. The Bertz CT molecular complexity index is 1070. The van der Waals surface area contributed by atoms with Crippen molar-refractivity contribution in [3.05, 3.63) is 24.3 Å². The smallest absolute Gasteiger partial charge is 0.306 e. The van der Waals surface area contributed by atoms with Gasteiger partial charge >= 0.3 is 17.9 Å². The Morgan fingerprint density at radius 1 is 0.303 bits per heavy atom. The van der Waals surface area contributed by atoms with E-state index in [1.807, 2.05) is 0 Å². The van der Waals surface area contributed by atoms with Gasteiger partial charge < -0.3 is 14.2 Å². The van der Waals surface area contributed by atoms with Gasteiger partial charge in [-0.05, 0) is 51.4 Å². The second kappa shape index (κ2) is 55.5. The summed E-state index contributed by atoms with van der Waals surface area (Å²) in [4.78, 5) is 38.1. The lowest BCUT2D eigenvalue weighted by atomic mass is 10.0. The van der Waals surface area contributed by atoms with Crippen molar-refractivity contribution in [2.24, 2.45) is 0 Å². The molecule has 0 spiro atoms. The predicted molar refractivity (Wildman–Crippen MR) is 284 cm³/mol. The molecule has 0 heterocycles. The maximum absolute atomic E-state index is 12.9. The second-order valence-corrected chi connectivity index (χ2v) is 19.9. The summed E-state index contributed by atoms with van der Waals surface area (Å²) in [7, 11) is 0. The molecule has 0 N–H and O–H groups in total. The lowest BCUT2D eigenvalue weighted by Crippen LogP contribution is -2.30. The van der Waals surface area contributed by atoms with E-state index in [1.165, 1.54) is 218 Å². The molecule has 6 heteroatoms. The van der Waals surface area contributed by atoms with Crippen molar-refractivity contribution in [2.75, 3.05) is 13.2 Å². The molecule has 0 unspecified atom stereocenters. The van der Waals surface area contributed by atoms with E-state index in [0.717, 1.165) is 64.2 Å². The van der Waals surface area contributed by atoms with E-state index in [-0.39, 0.29) is 31.1 Å². The van der Waals surface area contributed by atoms with Crippen LogP contribution in [0.3, 0.4) is 0 Å². The first-order chi connectivity index (χ1) is 32.5. The van der Waals surface area contributed by atoms with E-state index in [4.69, 9.17) is 14.2 Å². The largest absolute Gasteiger partial charge is 0.462 e. The first kappa shape index (κ1) is 63.9. The standard InChI is InChI=1S/C60H112O6/c1-4-7-10-13-16-19-22-25-27-29-30-31-33-35-38-41-44-47-50-53-59(62)65-56-57(55-64-58(61)52-49-46-43-40-37-34-24-21-18-15-12-9-6-3)66-60(63)54-51-48-45-42-39-36-32-28-26-23-20-17-14-11-8-5-2/h16,19,25,27,57H,4-15,17-18,20-24,26,28-56H2,1-3H3/b19-16+,27-25+/t57-/m1/s1. The minimum atomic E-state index is -0.767. The molecule has 0 aliphatic carbocycles. The summed E-state index contributed by atoms with van der Waals surface area (Å²) in [6.45, 7) is 6.66. The monoisotopic (exact) mass is 929 g/mol. The van der Waals surface area contributed by atoms with Gasteiger partial charge in [0, 0.05) is 19.3 Å². The molecule has 0 aliphatic heterocycles. The molecule has 388 valence electrons. The zero-order valence-electron chi connectivity index (χ0n) is 44.5. The molecule has 0 aromatic rings. The molecule has 0 aliphatic rings. The Balaban J connectivity index is 4.31. The number of rotatable bonds is 54. The second-order valence-electron chi connectivity index (χ2n) is 19.9. The summed E-state index contributed by atoms with van der Waals surface area (Å²) in [6.07, 6.45) is 64.5. The van der Waals surface area contributed by atoms with Crippen molar-refractivity contribution >= 4 is 17.9 Å². The number of carbonyl (C=O) groups excluding carboxylic acids is 3. The Labute approximate surface area is 411 Å². The Hall–Kier alpha value is -2.11. The van der Waals surface area contributed by atoms with Crippen LogP contribution in [0.2, 0.25) is 0 Å². The number of hydrogen-bond acceptors (Lipinski definition) is 6. The van der Waals surface area contributed by atoms with Crippen LogP contribution in [0.1, 0.15) is 323 Å². The Morgan fingerprint density at radius 3 is 0.864 bits per heavy atom. The van der Waals surface area contributed by atoms with Crippen LogP contribution in [-0.4, -0.2) is 37.2 Å². The van der Waals surface area contributed by atoms with Crippen LogP contribution in [-0.2, 0) is 28.6 Å². The highest BCUT2D eigenvalue weighted by Crippen LogP contribution is 2.17. The molecule has 0 radical (unpaired) electrons. The van der Waals surface area contributed by atoms with Crippen LogP contribution in [0.5, 0.6) is 0 Å².